The molecule has 0 fully saturated rings. The molecule has 0 saturated heterocycles. The van der Waals surface area contributed by atoms with Gasteiger partial charge in [-0.15, -0.1) is 0 Å². The van der Waals surface area contributed by atoms with E-state index in [4.69, 9.17) is 16.7 Å². The normalized spacial score (nSPS) is 10.7. The highest BCUT2D eigenvalue weighted by Gasteiger charge is 1.98. The van der Waals surface area contributed by atoms with E-state index in [1.807, 2.05) is 12.1 Å². The van der Waals surface area contributed by atoms with Gasteiger partial charge in [0.25, 0.3) is 0 Å². The first kappa shape index (κ1) is 16.2. The number of hydrogen-bond donors (Lipinski definition) is 2. The molecule has 1 aromatic rings. The first-order chi connectivity index (χ1) is 9.58. The van der Waals surface area contributed by atoms with Crippen molar-refractivity contribution in [1.29, 1.82) is 0 Å². The summed E-state index contributed by atoms with van der Waals surface area (Å²) in [7, 11) is 0. The standard InChI is InChI=1S/C15H18ClNO3/c16-13-6-4-5-12(11-13)8-9-14(18)17-10-3-1-2-7-15(19)20/h4-6,8-9,11H,1-3,7,10H2,(H,17,18)(H,19,20). The van der Waals surface area contributed by atoms with Gasteiger partial charge in [0.15, 0.2) is 0 Å². The van der Waals surface area contributed by atoms with Gasteiger partial charge in [0.05, 0.1) is 0 Å². The molecule has 108 valence electrons. The summed E-state index contributed by atoms with van der Waals surface area (Å²) in [6.07, 6.45) is 5.56. The molecule has 1 aromatic carbocycles. The van der Waals surface area contributed by atoms with Crippen LogP contribution in [0.15, 0.2) is 30.3 Å². The van der Waals surface area contributed by atoms with Crippen LogP contribution in [-0.4, -0.2) is 23.5 Å². The Hall–Kier alpha value is -1.81. The summed E-state index contributed by atoms with van der Waals surface area (Å²) in [6, 6.07) is 7.23. The number of benzene rings is 1. The molecular weight excluding hydrogens is 278 g/mol. The van der Waals surface area contributed by atoms with Crippen molar-refractivity contribution in [2.75, 3.05) is 6.54 Å². The largest absolute Gasteiger partial charge is 0.481 e. The van der Waals surface area contributed by atoms with Crippen LogP contribution in [0.25, 0.3) is 6.08 Å². The third kappa shape index (κ3) is 7.59. The third-order valence-electron chi connectivity index (χ3n) is 2.64. The Labute approximate surface area is 123 Å². The molecule has 1 rings (SSSR count). The SMILES string of the molecule is O=C(O)CCCCCNC(=O)C=Cc1cccc(Cl)c1. The van der Waals surface area contributed by atoms with Crippen LogP contribution in [-0.2, 0) is 9.59 Å². The highest BCUT2D eigenvalue weighted by atomic mass is 35.5. The number of carboxylic acids is 1. The quantitative estimate of drug-likeness (QED) is 0.572. The van der Waals surface area contributed by atoms with E-state index >= 15 is 0 Å². The fraction of sp³-hybridized carbons (Fsp3) is 0.333. The van der Waals surface area contributed by atoms with Gasteiger partial charge in [-0.05, 0) is 36.6 Å². The smallest absolute Gasteiger partial charge is 0.303 e. The van der Waals surface area contributed by atoms with Gasteiger partial charge in [0.2, 0.25) is 5.91 Å². The van der Waals surface area contributed by atoms with E-state index in [9.17, 15) is 9.59 Å². The fourth-order valence-corrected chi connectivity index (χ4v) is 1.83. The number of aliphatic carboxylic acids is 1. The molecule has 0 atom stereocenters. The van der Waals surface area contributed by atoms with E-state index in [1.165, 1.54) is 6.08 Å². The first-order valence-electron chi connectivity index (χ1n) is 6.51. The summed E-state index contributed by atoms with van der Waals surface area (Å²) in [4.78, 5) is 21.8. The minimum Gasteiger partial charge on any atom is -0.481 e. The highest BCUT2D eigenvalue weighted by molar-refractivity contribution is 6.30. The number of nitrogens with one attached hydrogen (secondary N) is 1. The van der Waals surface area contributed by atoms with E-state index in [2.05, 4.69) is 5.32 Å². The van der Waals surface area contributed by atoms with Crippen LogP contribution < -0.4 is 5.32 Å². The van der Waals surface area contributed by atoms with Crippen molar-refractivity contribution in [3.8, 4) is 0 Å². The number of unbranched alkanes of at least 4 members (excludes halogenated alkanes) is 2. The molecule has 0 bridgehead atoms. The van der Waals surface area contributed by atoms with Gasteiger partial charge < -0.3 is 10.4 Å². The molecule has 1 amide bonds. The summed E-state index contributed by atoms with van der Waals surface area (Å²) in [5, 5.41) is 11.8. The Morgan fingerprint density at radius 1 is 1.25 bits per heavy atom. The predicted molar refractivity (Wildman–Crippen MR) is 79.6 cm³/mol. The van der Waals surface area contributed by atoms with Crippen LogP contribution in [0.2, 0.25) is 5.02 Å². The van der Waals surface area contributed by atoms with Crippen molar-refractivity contribution in [3.05, 3.63) is 40.9 Å². The maximum absolute atomic E-state index is 11.5. The van der Waals surface area contributed by atoms with Crippen molar-refractivity contribution >= 4 is 29.6 Å². The number of carbonyl (C=O) groups excluding carboxylic acids is 1. The zero-order valence-electron chi connectivity index (χ0n) is 11.1. The Kier molecular flexibility index (Phi) is 7.43. The zero-order chi connectivity index (χ0) is 14.8. The molecule has 0 radical (unpaired) electrons. The van der Waals surface area contributed by atoms with Crippen LogP contribution in [0.4, 0.5) is 0 Å². The molecular formula is C15H18ClNO3. The Morgan fingerprint density at radius 3 is 2.75 bits per heavy atom. The van der Waals surface area contributed by atoms with Gasteiger partial charge in [0.1, 0.15) is 0 Å². The second-order valence-electron chi connectivity index (χ2n) is 4.38. The minimum absolute atomic E-state index is 0.164. The molecule has 4 nitrogen and oxygen atoms in total. The summed E-state index contributed by atoms with van der Waals surface area (Å²) < 4.78 is 0. The summed E-state index contributed by atoms with van der Waals surface area (Å²) in [5.41, 5.74) is 0.870. The van der Waals surface area contributed by atoms with Crippen molar-refractivity contribution < 1.29 is 14.7 Å². The van der Waals surface area contributed by atoms with Gasteiger partial charge in [-0.2, -0.15) is 0 Å². The Bertz CT molecular complexity index is 486. The monoisotopic (exact) mass is 295 g/mol. The minimum atomic E-state index is -0.779. The van der Waals surface area contributed by atoms with Gasteiger partial charge in [-0.3, -0.25) is 9.59 Å². The molecule has 0 aliphatic heterocycles. The molecule has 5 heteroatoms. The van der Waals surface area contributed by atoms with Crippen LogP contribution in [0, 0.1) is 0 Å². The number of amides is 1. The van der Waals surface area contributed by atoms with E-state index in [0.717, 1.165) is 18.4 Å². The second kappa shape index (κ2) is 9.15. The maximum Gasteiger partial charge on any atom is 0.303 e. The average molecular weight is 296 g/mol. The first-order valence-corrected chi connectivity index (χ1v) is 6.89. The average Bonchev–Trinajstić information content (AvgIpc) is 2.40. The van der Waals surface area contributed by atoms with Crippen molar-refractivity contribution in [1.82, 2.24) is 5.32 Å². The number of rotatable bonds is 8. The molecule has 0 spiro atoms. The molecule has 0 aromatic heterocycles. The zero-order valence-corrected chi connectivity index (χ0v) is 11.9. The van der Waals surface area contributed by atoms with Crippen LogP contribution in [0.3, 0.4) is 0 Å². The summed E-state index contributed by atoms with van der Waals surface area (Å²) >= 11 is 5.84. The number of carboxylic acid groups (broad SMARTS) is 1. The van der Waals surface area contributed by atoms with Crippen molar-refractivity contribution in [2.24, 2.45) is 0 Å². The lowest BCUT2D eigenvalue weighted by atomic mass is 10.2. The molecule has 0 aliphatic carbocycles. The van der Waals surface area contributed by atoms with E-state index in [1.54, 1.807) is 18.2 Å². The molecule has 0 unspecified atom stereocenters. The fourth-order valence-electron chi connectivity index (χ4n) is 1.63. The molecule has 2 N–H and O–H groups in total. The lowest BCUT2D eigenvalue weighted by molar-refractivity contribution is -0.137. The molecule has 0 saturated carbocycles. The van der Waals surface area contributed by atoms with E-state index in [-0.39, 0.29) is 12.3 Å². The van der Waals surface area contributed by atoms with Gasteiger partial charge in [-0.1, -0.05) is 30.2 Å². The van der Waals surface area contributed by atoms with Gasteiger partial charge in [-0.25, -0.2) is 0 Å². The molecule has 0 aliphatic rings. The lowest BCUT2D eigenvalue weighted by Crippen LogP contribution is -2.22. The molecule has 0 heterocycles. The number of carbonyl (C=O) groups is 2. The number of halogens is 1. The lowest BCUT2D eigenvalue weighted by Gasteiger charge is -2.01. The van der Waals surface area contributed by atoms with E-state index in [0.29, 0.717) is 18.0 Å². The highest BCUT2D eigenvalue weighted by Crippen LogP contribution is 2.11. The Balaban J connectivity index is 2.18. The summed E-state index contributed by atoms with van der Waals surface area (Å²) in [5.74, 6) is -0.943. The molecule has 20 heavy (non-hydrogen) atoms. The second-order valence-corrected chi connectivity index (χ2v) is 4.82. The van der Waals surface area contributed by atoms with E-state index < -0.39 is 5.97 Å². The maximum atomic E-state index is 11.5. The predicted octanol–water partition coefficient (Wildman–Crippen LogP) is 3.11. The Morgan fingerprint density at radius 2 is 2.05 bits per heavy atom. The topological polar surface area (TPSA) is 66.4 Å². The summed E-state index contributed by atoms with van der Waals surface area (Å²) in [6.45, 7) is 0.554. The van der Waals surface area contributed by atoms with Gasteiger partial charge in [0, 0.05) is 24.1 Å². The number of hydrogen-bond acceptors (Lipinski definition) is 2. The van der Waals surface area contributed by atoms with Gasteiger partial charge >= 0.3 is 5.97 Å². The third-order valence-corrected chi connectivity index (χ3v) is 2.88. The van der Waals surface area contributed by atoms with Crippen LogP contribution in [0.5, 0.6) is 0 Å². The van der Waals surface area contributed by atoms with Crippen molar-refractivity contribution in [2.45, 2.75) is 25.7 Å². The van der Waals surface area contributed by atoms with Crippen LogP contribution >= 0.6 is 11.6 Å². The van der Waals surface area contributed by atoms with Crippen molar-refractivity contribution in [3.63, 3.8) is 0 Å². The van der Waals surface area contributed by atoms with Crippen LogP contribution in [0.1, 0.15) is 31.2 Å².